The second-order valence-electron chi connectivity index (χ2n) is 3.29. The van der Waals surface area contributed by atoms with Gasteiger partial charge >= 0.3 is 7.60 Å². The van der Waals surface area contributed by atoms with Gasteiger partial charge in [-0.05, 0) is 26.0 Å². The predicted octanol–water partition coefficient (Wildman–Crippen LogP) is 4.28. The number of hydrogen-bond donors (Lipinski definition) is 0. The van der Waals surface area contributed by atoms with Gasteiger partial charge in [0.1, 0.15) is 17.1 Å². The average Bonchev–Trinajstić information content (AvgIpc) is 2.28. The van der Waals surface area contributed by atoms with Crippen LogP contribution in [0.4, 0.5) is 8.78 Å². The molecule has 0 N–H and O–H groups in total. The third kappa shape index (κ3) is 4.69. The Bertz CT molecular complexity index is 432. The highest BCUT2D eigenvalue weighted by Crippen LogP contribution is 2.52. The van der Waals surface area contributed by atoms with Gasteiger partial charge in [-0.2, -0.15) is 0 Å². The van der Waals surface area contributed by atoms with E-state index < -0.39 is 19.2 Å². The Morgan fingerprint density at radius 3 is 2.33 bits per heavy atom. The number of halogens is 2. The summed E-state index contributed by atoms with van der Waals surface area (Å²) in [7, 11) is -3.21. The van der Waals surface area contributed by atoms with Gasteiger partial charge in [-0.3, -0.25) is 4.57 Å². The molecular formula is C11H15F2O3PS. The Kier molecular flexibility index (Phi) is 6.29. The van der Waals surface area contributed by atoms with Crippen LogP contribution in [-0.2, 0) is 13.6 Å². The summed E-state index contributed by atoms with van der Waals surface area (Å²) >= 11 is 0.988. The highest BCUT2D eigenvalue weighted by atomic mass is 32.2. The number of hydrogen-bond acceptors (Lipinski definition) is 4. The van der Waals surface area contributed by atoms with E-state index in [1.165, 1.54) is 6.07 Å². The molecule has 3 nitrogen and oxygen atoms in total. The van der Waals surface area contributed by atoms with E-state index in [4.69, 9.17) is 9.05 Å². The monoisotopic (exact) mass is 296 g/mol. The van der Waals surface area contributed by atoms with Crippen LogP contribution in [0.2, 0.25) is 0 Å². The molecule has 18 heavy (non-hydrogen) atoms. The number of rotatable bonds is 7. The molecule has 0 radical (unpaired) electrons. The lowest BCUT2D eigenvalue weighted by Gasteiger charge is -2.16. The Balaban J connectivity index is 2.69. The molecule has 102 valence electrons. The maximum absolute atomic E-state index is 13.4. The van der Waals surface area contributed by atoms with Gasteiger partial charge in [-0.25, -0.2) is 8.78 Å². The van der Waals surface area contributed by atoms with E-state index in [0.29, 0.717) is 0 Å². The molecule has 7 heteroatoms. The lowest BCUT2D eigenvalue weighted by Crippen LogP contribution is -1.98. The van der Waals surface area contributed by atoms with Crippen LogP contribution in [0.3, 0.4) is 0 Å². The van der Waals surface area contributed by atoms with Crippen molar-refractivity contribution in [2.75, 3.05) is 18.7 Å². The molecule has 0 aliphatic heterocycles. The Morgan fingerprint density at radius 1 is 1.22 bits per heavy atom. The summed E-state index contributed by atoms with van der Waals surface area (Å²) in [6.07, 6.45) is 0. The standard InChI is InChI=1S/C11H15F2O3PS/c1-3-15-17(14,16-4-2)8-18-11-6-5-9(12)7-10(11)13/h5-7H,3-4,8H2,1-2H3. The molecule has 1 aromatic rings. The number of benzene rings is 1. The van der Waals surface area contributed by atoms with Gasteiger partial charge < -0.3 is 9.05 Å². The van der Waals surface area contributed by atoms with E-state index in [9.17, 15) is 13.3 Å². The summed E-state index contributed by atoms with van der Waals surface area (Å²) in [6.45, 7) is 3.91. The van der Waals surface area contributed by atoms with Crippen LogP contribution < -0.4 is 0 Å². The second-order valence-corrected chi connectivity index (χ2v) is 6.79. The molecular weight excluding hydrogens is 281 g/mol. The summed E-state index contributed by atoms with van der Waals surface area (Å²) in [4.78, 5) is 0.219. The minimum Gasteiger partial charge on any atom is -0.308 e. The molecule has 0 saturated carbocycles. The third-order valence-corrected chi connectivity index (χ3v) is 5.65. The lowest BCUT2D eigenvalue weighted by molar-refractivity contribution is 0.224. The fourth-order valence-corrected chi connectivity index (χ4v) is 4.25. The quantitative estimate of drug-likeness (QED) is 0.555. The minimum atomic E-state index is -3.21. The molecule has 0 bridgehead atoms. The summed E-state index contributed by atoms with van der Waals surface area (Å²) < 4.78 is 48.3. The fraction of sp³-hybridized carbons (Fsp3) is 0.455. The van der Waals surface area contributed by atoms with Crippen LogP contribution in [0.1, 0.15) is 13.8 Å². The first-order chi connectivity index (χ1) is 8.50. The SMILES string of the molecule is CCOP(=O)(CSc1ccc(F)cc1F)OCC. The van der Waals surface area contributed by atoms with Crippen molar-refractivity contribution < 1.29 is 22.4 Å². The smallest absolute Gasteiger partial charge is 0.308 e. The molecule has 0 fully saturated rings. The molecule has 0 aliphatic carbocycles. The molecule has 0 atom stereocenters. The summed E-state index contributed by atoms with van der Waals surface area (Å²) in [5.74, 6) is -1.32. The third-order valence-electron chi connectivity index (χ3n) is 1.92. The summed E-state index contributed by atoms with van der Waals surface area (Å²) in [5.41, 5.74) is -0.00275. The highest BCUT2D eigenvalue weighted by Gasteiger charge is 2.24. The first kappa shape index (κ1) is 15.6. The molecule has 0 unspecified atom stereocenters. The van der Waals surface area contributed by atoms with Gasteiger partial charge in [-0.15, -0.1) is 11.8 Å². The molecule has 0 aromatic heterocycles. The van der Waals surface area contributed by atoms with Crippen LogP contribution in [0, 0.1) is 11.6 Å². The van der Waals surface area contributed by atoms with Crippen LogP contribution in [0.5, 0.6) is 0 Å². The van der Waals surface area contributed by atoms with Crippen LogP contribution in [0.25, 0.3) is 0 Å². The van der Waals surface area contributed by atoms with Crippen molar-refractivity contribution in [1.29, 1.82) is 0 Å². The maximum Gasteiger partial charge on any atom is 0.340 e. The van der Waals surface area contributed by atoms with Crippen molar-refractivity contribution in [3.63, 3.8) is 0 Å². The zero-order valence-corrected chi connectivity index (χ0v) is 11.9. The van der Waals surface area contributed by atoms with Crippen molar-refractivity contribution >= 4 is 19.4 Å². The Labute approximate surface area is 109 Å². The number of thioether (sulfide) groups is 1. The van der Waals surface area contributed by atoms with E-state index in [1.807, 2.05) is 0 Å². The normalized spacial score (nSPS) is 11.8. The molecule has 0 aliphatic rings. The van der Waals surface area contributed by atoms with Crippen LogP contribution in [-0.4, -0.2) is 18.7 Å². The molecule has 0 amide bonds. The highest BCUT2D eigenvalue weighted by molar-refractivity contribution is 8.04. The van der Waals surface area contributed by atoms with Crippen molar-refractivity contribution in [1.82, 2.24) is 0 Å². The molecule has 1 rings (SSSR count). The van der Waals surface area contributed by atoms with Gasteiger partial charge in [0.05, 0.1) is 13.2 Å². The average molecular weight is 296 g/mol. The van der Waals surface area contributed by atoms with E-state index in [2.05, 4.69) is 0 Å². The fourth-order valence-electron chi connectivity index (χ4n) is 1.25. The Morgan fingerprint density at radius 2 is 1.83 bits per heavy atom. The predicted molar refractivity (Wildman–Crippen MR) is 67.9 cm³/mol. The molecule has 1 aromatic carbocycles. The molecule has 0 heterocycles. The van der Waals surface area contributed by atoms with Crippen molar-refractivity contribution in [2.45, 2.75) is 18.7 Å². The zero-order valence-electron chi connectivity index (χ0n) is 10.2. The van der Waals surface area contributed by atoms with Crippen molar-refractivity contribution in [3.8, 4) is 0 Å². The molecule has 0 saturated heterocycles. The summed E-state index contributed by atoms with van der Waals surface area (Å²) in [6, 6.07) is 3.24. The Hall–Kier alpha value is -0.420. The molecule has 0 spiro atoms. The van der Waals surface area contributed by atoms with Gasteiger partial charge in [0.25, 0.3) is 0 Å². The first-order valence-electron chi connectivity index (χ1n) is 5.46. The van der Waals surface area contributed by atoms with Gasteiger partial charge in [0.2, 0.25) is 0 Å². The lowest BCUT2D eigenvalue weighted by atomic mass is 10.3. The zero-order chi connectivity index (χ0) is 13.6. The largest absolute Gasteiger partial charge is 0.340 e. The summed E-state index contributed by atoms with van der Waals surface area (Å²) in [5, 5.41) is 0. The first-order valence-corrected chi connectivity index (χ1v) is 8.18. The van der Waals surface area contributed by atoms with E-state index in [1.54, 1.807) is 13.8 Å². The van der Waals surface area contributed by atoms with E-state index >= 15 is 0 Å². The van der Waals surface area contributed by atoms with Crippen molar-refractivity contribution in [3.05, 3.63) is 29.8 Å². The minimum absolute atomic E-state index is 0.00275. The van der Waals surface area contributed by atoms with Gasteiger partial charge in [0, 0.05) is 11.0 Å². The van der Waals surface area contributed by atoms with Crippen molar-refractivity contribution in [2.24, 2.45) is 0 Å². The second kappa shape index (κ2) is 7.24. The van der Waals surface area contributed by atoms with Crippen LogP contribution in [0.15, 0.2) is 23.1 Å². The van der Waals surface area contributed by atoms with E-state index in [-0.39, 0.29) is 23.6 Å². The maximum atomic E-state index is 13.4. The topological polar surface area (TPSA) is 35.5 Å². The van der Waals surface area contributed by atoms with Gasteiger partial charge in [-0.1, -0.05) is 0 Å². The van der Waals surface area contributed by atoms with E-state index in [0.717, 1.165) is 23.9 Å². The van der Waals surface area contributed by atoms with Gasteiger partial charge in [0.15, 0.2) is 0 Å². The van der Waals surface area contributed by atoms with Crippen LogP contribution >= 0.6 is 19.4 Å².